The summed E-state index contributed by atoms with van der Waals surface area (Å²) in [5, 5.41) is 0. The van der Waals surface area contributed by atoms with E-state index in [4.69, 9.17) is 0 Å². The molecule has 27 unspecified atom stereocenters. The molecular weight excluding hydrogens is 1250 g/mol. The van der Waals surface area contributed by atoms with E-state index in [1.165, 1.54) is 44.9 Å². The SMILES string of the molecule is CC(C)(C)C1CC(C2CCCCC2)C(N2C3CCC(C4CCCCC4)CC3B3C4CCC(C5CCC6C7CCCC8CCCC(C9CCCC5C96)C87)CC4N(C4C(C5CCCCC5)CC(C(C)(C)C)CC4C4CCCCC4)C4CC(N5C6CCCCC6C6CCCCC65)CC2C34)C(C2CCCCC2)C1. The lowest BCUT2D eigenvalue weighted by Crippen LogP contribution is -2.78. The van der Waals surface area contributed by atoms with Gasteiger partial charge in [-0.05, 0) is 292 Å². The highest BCUT2D eigenvalue weighted by Gasteiger charge is 2.71. The predicted molar refractivity (Wildman–Crippen MR) is 438 cm³/mol. The maximum absolute atomic E-state index is 4.08. The first kappa shape index (κ1) is 72.9. The van der Waals surface area contributed by atoms with E-state index in [2.05, 4.69) is 56.2 Å². The highest BCUT2D eigenvalue weighted by Crippen LogP contribution is 2.72. The smallest absolute Gasteiger partial charge is 0.156 e. The molecule has 4 heteroatoms. The third-order valence-corrected chi connectivity index (χ3v) is 41.9. The normalized spacial score (nSPS) is 50.7. The summed E-state index contributed by atoms with van der Waals surface area (Å²) in [7, 11) is 0. The summed E-state index contributed by atoms with van der Waals surface area (Å²) in [6.45, 7) is 17.7. The number of hydrogen-bond acceptors (Lipinski definition) is 3. The largest absolute Gasteiger partial charge is 0.295 e. The maximum Gasteiger partial charge on any atom is 0.156 e. The first-order valence-electron chi connectivity index (χ1n) is 50.2. The van der Waals surface area contributed by atoms with Crippen LogP contribution in [0.2, 0.25) is 17.5 Å². The van der Waals surface area contributed by atoms with Crippen LogP contribution in [0.1, 0.15) is 401 Å². The molecule has 584 valence electrons. The lowest BCUT2D eigenvalue weighted by molar-refractivity contribution is -0.162. The summed E-state index contributed by atoms with van der Waals surface area (Å²) in [6.07, 6.45) is 88.8. The lowest BCUT2D eigenvalue weighted by Gasteiger charge is -2.73. The molecule has 104 heavy (non-hydrogen) atoms. The quantitative estimate of drug-likeness (QED) is 0.213. The van der Waals surface area contributed by atoms with Crippen molar-refractivity contribution in [3.8, 4) is 0 Å². The van der Waals surface area contributed by atoms with Crippen LogP contribution >= 0.6 is 0 Å². The molecule has 0 aromatic carbocycles. The van der Waals surface area contributed by atoms with Gasteiger partial charge in [-0.15, -0.1) is 0 Å². The van der Waals surface area contributed by atoms with Gasteiger partial charge in [0.1, 0.15) is 0 Å². The molecular formula is C100H166BN3. The van der Waals surface area contributed by atoms with Crippen LogP contribution in [0.5, 0.6) is 0 Å². The van der Waals surface area contributed by atoms with Crippen LogP contribution in [0.3, 0.4) is 0 Å². The second kappa shape index (κ2) is 30.3. The minimum atomic E-state index is 0.399. The highest BCUT2D eigenvalue weighted by molar-refractivity contribution is 6.65. The van der Waals surface area contributed by atoms with Crippen LogP contribution in [-0.4, -0.2) is 75.8 Å². The minimum absolute atomic E-state index is 0.399. The van der Waals surface area contributed by atoms with E-state index in [-0.39, 0.29) is 0 Å². The molecule has 3 nitrogen and oxygen atoms in total. The number of nitrogens with zero attached hydrogens (tertiary/aromatic N) is 3. The van der Waals surface area contributed by atoms with Crippen molar-refractivity contribution in [1.29, 1.82) is 0 Å². The molecule has 0 aromatic heterocycles. The fourth-order valence-corrected chi connectivity index (χ4v) is 38.2. The number of hydrogen-bond donors (Lipinski definition) is 0. The molecule has 0 spiro atoms. The van der Waals surface area contributed by atoms with Crippen molar-refractivity contribution in [2.24, 2.45) is 153 Å². The fraction of sp³-hybridized carbons (Fsp3) is 1.00. The fourth-order valence-electron chi connectivity index (χ4n) is 38.2. The molecule has 20 aliphatic rings. The van der Waals surface area contributed by atoms with Crippen molar-refractivity contribution >= 4 is 6.71 Å². The summed E-state index contributed by atoms with van der Waals surface area (Å²) in [6, 6.07) is 7.62. The van der Waals surface area contributed by atoms with E-state index in [0.29, 0.717) is 10.8 Å². The van der Waals surface area contributed by atoms with Crippen molar-refractivity contribution in [3.63, 3.8) is 0 Å². The van der Waals surface area contributed by atoms with Gasteiger partial charge in [-0.1, -0.05) is 279 Å². The third-order valence-electron chi connectivity index (χ3n) is 41.9. The van der Waals surface area contributed by atoms with Gasteiger partial charge in [0.05, 0.1) is 0 Å². The summed E-state index contributed by atoms with van der Waals surface area (Å²) in [4.78, 5) is 11.8. The average Bonchev–Trinajstić information content (AvgIpc) is 0.753. The summed E-state index contributed by atoms with van der Waals surface area (Å²) >= 11 is 0. The topological polar surface area (TPSA) is 9.72 Å². The molecule has 0 N–H and O–H groups in total. The van der Waals surface area contributed by atoms with E-state index in [1.54, 1.807) is 315 Å². The number of fused-ring (bicyclic) bond motifs is 9. The molecule has 0 bridgehead atoms. The van der Waals surface area contributed by atoms with Gasteiger partial charge >= 0.3 is 0 Å². The molecule has 20 fully saturated rings. The standard InChI is InChI=1S/C100H166BN3/c1-99(2,3)71-57-82(64-31-14-8-15-32-64)97(83(58-71)65-33-16-9-17-34-65)103-90-54-50-69(63-29-12-7-13-30-63)55-87(90)101-86-53-49-70(74-51-52-81-79-44-27-40-68-39-26-43-78(94(68)79)80-46-28-45-77(74)95(80)81)56-91(86)104(93-62-73(61-92(103)96(93)101)102-88-47-24-22-41-75(88)76-42-23-25-48-89(76)102)98-84(66-35-18-10-19-36-66)59-72(100(4,5)6)60-85(98)67-37-20-11-21-38-67/h63-98H,7-62H2,1-6H3. The number of likely N-dealkylation sites (tertiary alicyclic amines) is 1. The minimum Gasteiger partial charge on any atom is -0.295 e. The Morgan fingerprint density at radius 1 is 0.212 bits per heavy atom. The molecule has 27 atom stereocenters. The first-order chi connectivity index (χ1) is 50.9. The number of rotatable bonds is 9. The Morgan fingerprint density at radius 2 is 0.587 bits per heavy atom. The van der Waals surface area contributed by atoms with Crippen LogP contribution < -0.4 is 0 Å². The van der Waals surface area contributed by atoms with Gasteiger partial charge in [0.25, 0.3) is 0 Å². The second-order valence-corrected chi connectivity index (χ2v) is 47.4. The van der Waals surface area contributed by atoms with Gasteiger partial charge in [-0.2, -0.15) is 0 Å². The Bertz CT molecular complexity index is 2720. The van der Waals surface area contributed by atoms with Crippen molar-refractivity contribution in [2.45, 2.75) is 473 Å². The van der Waals surface area contributed by atoms with Gasteiger partial charge in [-0.3, -0.25) is 14.7 Å². The average molecular weight is 1420 g/mol. The van der Waals surface area contributed by atoms with E-state index < -0.39 is 0 Å². The molecule has 0 radical (unpaired) electrons. The van der Waals surface area contributed by atoms with Gasteiger partial charge in [0.15, 0.2) is 6.71 Å². The third kappa shape index (κ3) is 13.0. The maximum atomic E-state index is 4.08. The van der Waals surface area contributed by atoms with Crippen molar-refractivity contribution in [3.05, 3.63) is 0 Å². The molecule has 0 amide bonds. The molecule has 20 rings (SSSR count). The van der Waals surface area contributed by atoms with Crippen LogP contribution in [0.15, 0.2) is 0 Å². The molecule has 0 aromatic rings. The van der Waals surface area contributed by atoms with E-state index in [9.17, 15) is 0 Å². The van der Waals surface area contributed by atoms with Gasteiger partial charge in [0, 0.05) is 54.4 Å². The van der Waals surface area contributed by atoms with Crippen LogP contribution in [-0.2, 0) is 0 Å². The monoisotopic (exact) mass is 1420 g/mol. The Hall–Kier alpha value is -0.0551. The molecule has 3 heterocycles. The van der Waals surface area contributed by atoms with E-state index >= 15 is 0 Å². The zero-order valence-corrected chi connectivity index (χ0v) is 69.3. The van der Waals surface area contributed by atoms with Gasteiger partial charge < -0.3 is 0 Å². The Kier molecular flexibility index (Phi) is 21.2. The zero-order chi connectivity index (χ0) is 69.7. The van der Waals surface area contributed by atoms with Crippen LogP contribution in [0, 0.1) is 153 Å². The van der Waals surface area contributed by atoms with E-state index in [1.807, 2.05) is 0 Å². The zero-order valence-electron chi connectivity index (χ0n) is 69.3. The van der Waals surface area contributed by atoms with Crippen molar-refractivity contribution in [1.82, 2.24) is 14.7 Å². The van der Waals surface area contributed by atoms with Crippen LogP contribution in [0.4, 0.5) is 0 Å². The first-order valence-corrected chi connectivity index (χ1v) is 50.2. The summed E-state index contributed by atoms with van der Waals surface area (Å²) in [5.41, 5.74) is 0.804. The Balaban J connectivity index is 0.781. The molecule has 17 saturated carbocycles. The molecule has 17 aliphatic carbocycles. The van der Waals surface area contributed by atoms with Crippen molar-refractivity contribution < 1.29 is 0 Å². The van der Waals surface area contributed by atoms with E-state index in [0.717, 1.165) is 221 Å². The van der Waals surface area contributed by atoms with Gasteiger partial charge in [-0.25, -0.2) is 0 Å². The highest BCUT2D eigenvalue weighted by atomic mass is 15.3. The second-order valence-electron chi connectivity index (χ2n) is 47.4. The van der Waals surface area contributed by atoms with Crippen LogP contribution in [0.25, 0.3) is 0 Å². The summed E-state index contributed by atoms with van der Waals surface area (Å²) < 4.78 is 0. The summed E-state index contributed by atoms with van der Waals surface area (Å²) in [5.74, 6) is 27.2. The Labute approximate surface area is 643 Å². The van der Waals surface area contributed by atoms with Crippen molar-refractivity contribution in [2.75, 3.05) is 0 Å². The van der Waals surface area contributed by atoms with Gasteiger partial charge in [0.2, 0.25) is 0 Å². The molecule has 3 aliphatic heterocycles. The lowest BCUT2D eigenvalue weighted by atomic mass is 9.18. The predicted octanol–water partition coefficient (Wildman–Crippen LogP) is 26.8. The molecule has 3 saturated heterocycles. The Morgan fingerprint density at radius 3 is 1.07 bits per heavy atom.